The van der Waals surface area contributed by atoms with Crippen LogP contribution in [0.1, 0.15) is 125 Å². The number of nitrogens with two attached hydrogens (primary N) is 2. The second-order valence-electron chi connectivity index (χ2n) is 25.1. The first-order valence-corrected chi connectivity index (χ1v) is 35.1. The van der Waals surface area contributed by atoms with E-state index in [2.05, 4.69) is 36.6 Å². The SMILES string of the molecule is CC(=O)NC(CCCCN)C(=O)NC(C(=O)NC(CCCNC(N)=O)C(=O)Nc1ccc(COC(=S)N(C)CCN(C)C(=S)Oc2cc3c(c4c(C)c[nH]c24)C(CCl)CN3C(=O)CCC2(C(=O)N3CC(CCl)c4c3cc(OP(=O)(O)O)c3[nH]cc(C)c43)CCC2)cc1)C(C)C. The van der Waals surface area contributed by atoms with Gasteiger partial charge in [0.2, 0.25) is 35.4 Å². The van der Waals surface area contributed by atoms with Crippen LogP contribution < -0.4 is 57.1 Å². The number of unbranched alkanes of at least 4 members (excludes halogenated alkanes) is 1. The zero-order valence-electron chi connectivity index (χ0n) is 54.4. The summed E-state index contributed by atoms with van der Waals surface area (Å²) in [5.41, 5.74) is 16.8. The molecule has 4 heterocycles. The van der Waals surface area contributed by atoms with Crippen LogP contribution >= 0.6 is 55.5 Å². The van der Waals surface area contributed by atoms with Gasteiger partial charge in [-0.3, -0.25) is 38.6 Å². The standard InChI is InChI=1S/C64H86Cl2N13O13PS2/c1-35(2)54(75-58(83)43(72-38(5)80)12-8-9-22-67)59(84)74-44(13-10-23-69-61(68)86)57(82)73-42-16-14-39(15-17-42)34-90-62(94)76(6)24-25-77(7)63(95)91-47-26-45-52(50-36(3)30-70-55(47)50)40(28-65)32-78(45)49(81)18-21-64(19-11-20-64)60(85)79-33-41(29-66)53-46(79)27-48(92-93(87,88)89)56-51(53)37(4)31-71-56/h14-17,26-27,30-31,35,40-41,43-44,54,70-71H,8-13,18-25,28-29,32-34,67H2,1-7H3,(H,72,80)(H,73,82)(H,74,84)(H,75,83)(H3,68,69,86)(H2,87,88,89). The summed E-state index contributed by atoms with van der Waals surface area (Å²) in [6.07, 6.45) is 7.72. The van der Waals surface area contributed by atoms with Crippen molar-refractivity contribution < 1.29 is 61.9 Å². The number of primary amides is 1. The molecule has 3 aromatic carbocycles. The number of carbonyl (C=O) groups excluding carboxylic acids is 7. The summed E-state index contributed by atoms with van der Waals surface area (Å²) in [6, 6.07) is 6.37. The number of nitrogens with one attached hydrogen (secondary N) is 7. The molecule has 31 heteroatoms. The van der Waals surface area contributed by atoms with Crippen molar-refractivity contribution in [1.82, 2.24) is 41.0 Å². The van der Waals surface area contributed by atoms with Gasteiger partial charge >= 0.3 is 13.9 Å². The monoisotopic (exact) mass is 1410 g/mol. The van der Waals surface area contributed by atoms with Crippen LogP contribution in [0.4, 0.5) is 21.9 Å². The quantitative estimate of drug-likeness (QED) is 0.00922. The van der Waals surface area contributed by atoms with Crippen LogP contribution in [0.3, 0.4) is 0 Å². The van der Waals surface area contributed by atoms with Gasteiger partial charge in [-0.15, -0.1) is 23.2 Å². The molecule has 1 aliphatic carbocycles. The van der Waals surface area contributed by atoms with E-state index >= 15 is 0 Å². The first kappa shape index (κ1) is 73.5. The number of rotatable bonds is 30. The fourth-order valence-corrected chi connectivity index (χ4v) is 13.8. The molecule has 26 nitrogen and oxygen atoms in total. The van der Waals surface area contributed by atoms with E-state index in [1.807, 2.05) is 26.1 Å². The van der Waals surface area contributed by atoms with Crippen LogP contribution in [0.2, 0.25) is 0 Å². The Morgan fingerprint density at radius 3 is 1.92 bits per heavy atom. The summed E-state index contributed by atoms with van der Waals surface area (Å²) in [4.78, 5) is 127. The van der Waals surface area contributed by atoms with Crippen molar-refractivity contribution in [2.45, 2.75) is 135 Å². The summed E-state index contributed by atoms with van der Waals surface area (Å²) < 4.78 is 29.8. The van der Waals surface area contributed by atoms with Crippen LogP contribution in [0, 0.1) is 25.2 Å². The largest absolute Gasteiger partial charge is 0.524 e. The second kappa shape index (κ2) is 32.2. The number of aryl methyl sites for hydroxylation is 2. The van der Waals surface area contributed by atoms with E-state index < -0.39 is 66.9 Å². The minimum Gasteiger partial charge on any atom is -0.466 e. The van der Waals surface area contributed by atoms with Crippen molar-refractivity contribution in [3.05, 3.63) is 76.6 Å². The number of urea groups is 1. The van der Waals surface area contributed by atoms with Crippen LogP contribution in [-0.2, 0) is 44.7 Å². The topological polar surface area (TPSA) is 361 Å². The number of H-pyrrole nitrogens is 2. The average molecular weight is 1410 g/mol. The van der Waals surface area contributed by atoms with Crippen molar-refractivity contribution in [1.29, 1.82) is 0 Å². The van der Waals surface area contributed by atoms with Gasteiger partial charge in [-0.1, -0.05) is 32.4 Å². The number of halogens is 2. The fourth-order valence-electron chi connectivity index (χ4n) is 12.6. The minimum absolute atomic E-state index is 0.0503. The number of phosphoric acid groups is 1. The third-order valence-corrected chi connectivity index (χ3v) is 19.9. The van der Waals surface area contributed by atoms with Crippen molar-refractivity contribution in [2.75, 3.05) is 80.2 Å². The lowest BCUT2D eigenvalue weighted by atomic mass is 9.65. The van der Waals surface area contributed by atoms with Gasteiger partial charge in [0.05, 0.1) is 27.8 Å². The number of aromatic nitrogens is 2. The number of aromatic amines is 2. The molecule has 0 spiro atoms. The van der Waals surface area contributed by atoms with Crippen LogP contribution in [0.25, 0.3) is 21.8 Å². The summed E-state index contributed by atoms with van der Waals surface area (Å²) in [5.74, 6) is -2.61. The number of alkyl halides is 2. The lowest BCUT2D eigenvalue weighted by molar-refractivity contribution is -0.134. The van der Waals surface area contributed by atoms with Crippen molar-refractivity contribution in [2.24, 2.45) is 22.8 Å². The number of fused-ring (bicyclic) bond motifs is 6. The minimum atomic E-state index is -4.99. The lowest BCUT2D eigenvalue weighted by Crippen LogP contribution is -2.57. The number of hydrogen-bond acceptors (Lipinski definition) is 14. The number of amides is 8. The Bertz CT molecular complexity index is 3750. The molecule has 1 saturated carbocycles. The molecule has 0 saturated heterocycles. The first-order valence-electron chi connectivity index (χ1n) is 31.7. The Balaban J connectivity index is 0.861. The highest BCUT2D eigenvalue weighted by Crippen LogP contribution is 2.54. The molecule has 0 bridgehead atoms. The molecule has 3 aliphatic rings. The predicted molar refractivity (Wildman–Crippen MR) is 373 cm³/mol. The number of hydrogen-bond donors (Lipinski definition) is 11. The fraction of sp³-hybridized carbons (Fsp3) is 0.516. The van der Waals surface area contributed by atoms with Crippen LogP contribution in [-0.4, -0.2) is 165 Å². The van der Waals surface area contributed by atoms with E-state index in [4.69, 9.17) is 73.1 Å². The van der Waals surface area contributed by atoms with E-state index in [-0.39, 0.29) is 96.9 Å². The number of anilines is 3. The highest BCUT2D eigenvalue weighted by atomic mass is 35.5. The maximum Gasteiger partial charge on any atom is 0.524 e. The number of likely N-dealkylation sites (N-methyl/N-ethyl adjacent to an activating group) is 2. The third kappa shape index (κ3) is 17.7. The van der Waals surface area contributed by atoms with Gasteiger partial charge in [0, 0.05) is 125 Å². The average Bonchev–Trinajstić information content (AvgIpc) is 1.61. The molecule has 5 unspecified atom stereocenters. The number of phosphoric ester groups is 1. The third-order valence-electron chi connectivity index (χ3n) is 17.9. The molecule has 5 aromatic rings. The molecule has 8 amide bonds. The summed E-state index contributed by atoms with van der Waals surface area (Å²) in [7, 11) is -1.42. The van der Waals surface area contributed by atoms with Crippen LogP contribution in [0.5, 0.6) is 11.5 Å². The molecule has 1 fully saturated rings. The highest BCUT2D eigenvalue weighted by Gasteiger charge is 2.50. The van der Waals surface area contributed by atoms with Gasteiger partial charge in [-0.2, -0.15) is 0 Å². The van der Waals surface area contributed by atoms with E-state index in [1.165, 1.54) is 13.0 Å². The lowest BCUT2D eigenvalue weighted by Gasteiger charge is -2.43. The molecule has 5 atom stereocenters. The zero-order chi connectivity index (χ0) is 69.2. The Morgan fingerprint density at radius 1 is 0.789 bits per heavy atom. The molecule has 13 N–H and O–H groups in total. The maximum atomic E-state index is 14.9. The molecule has 2 aliphatic heterocycles. The van der Waals surface area contributed by atoms with Gasteiger partial charge in [0.25, 0.3) is 10.3 Å². The van der Waals surface area contributed by atoms with E-state index in [0.29, 0.717) is 97.5 Å². The Kier molecular flexibility index (Phi) is 24.9. The highest BCUT2D eigenvalue weighted by molar-refractivity contribution is 7.80. The smallest absolute Gasteiger partial charge is 0.466 e. The maximum absolute atomic E-state index is 14.9. The van der Waals surface area contributed by atoms with Gasteiger partial charge < -0.3 is 81.6 Å². The number of nitrogens with zero attached hydrogens (tertiary/aromatic N) is 4. The van der Waals surface area contributed by atoms with Crippen LogP contribution in [0.15, 0.2) is 48.8 Å². The summed E-state index contributed by atoms with van der Waals surface area (Å²) in [6.45, 7) is 10.6. The van der Waals surface area contributed by atoms with Gasteiger partial charge in [-0.25, -0.2) is 9.36 Å². The van der Waals surface area contributed by atoms with Crippen molar-refractivity contribution in [3.63, 3.8) is 0 Å². The predicted octanol–water partition coefficient (Wildman–Crippen LogP) is 7.40. The Hall–Kier alpha value is -7.30. The van der Waals surface area contributed by atoms with Crippen molar-refractivity contribution >= 4 is 146 Å². The second-order valence-corrected chi connectivity index (χ2v) is 27.6. The number of benzene rings is 3. The molecule has 516 valence electrons. The molecular weight excluding hydrogens is 1320 g/mol. The molecule has 2 aromatic heterocycles. The first-order chi connectivity index (χ1) is 45.1. The number of ether oxygens (including phenoxy) is 2. The van der Waals surface area contributed by atoms with E-state index in [9.17, 15) is 47.9 Å². The Morgan fingerprint density at radius 2 is 1.36 bits per heavy atom. The number of thiocarbonyl (C=S) groups is 2. The molecule has 8 rings (SSSR count). The molecule has 0 radical (unpaired) electrons. The van der Waals surface area contributed by atoms with Gasteiger partial charge in [-0.05, 0) is 142 Å². The van der Waals surface area contributed by atoms with E-state index in [1.54, 1.807) is 78.0 Å². The summed E-state index contributed by atoms with van der Waals surface area (Å²) >= 11 is 24.8. The van der Waals surface area contributed by atoms with Crippen molar-refractivity contribution in [3.8, 4) is 11.5 Å². The van der Waals surface area contributed by atoms with E-state index in [0.717, 1.165) is 39.6 Å². The molecule has 95 heavy (non-hydrogen) atoms. The molecular formula is C64H86Cl2N13O13PS2. The number of carbonyl (C=O) groups is 7. The van der Waals surface area contributed by atoms with Gasteiger partial charge in [0.1, 0.15) is 24.7 Å². The normalized spacial score (nSPS) is 16.4. The Labute approximate surface area is 572 Å². The van der Waals surface area contributed by atoms with Gasteiger partial charge in [0.15, 0.2) is 11.5 Å². The zero-order valence-corrected chi connectivity index (χ0v) is 58.4. The summed E-state index contributed by atoms with van der Waals surface area (Å²) in [5, 5.41) is 15.4.